The zero-order valence-corrected chi connectivity index (χ0v) is 34.4. The van der Waals surface area contributed by atoms with E-state index in [1.54, 1.807) is 0 Å². The van der Waals surface area contributed by atoms with Crippen molar-refractivity contribution >= 4 is 31.5 Å². The Bertz CT molecular complexity index is 3390. The average molecular weight is 808 g/mol. The van der Waals surface area contributed by atoms with E-state index in [-0.39, 0.29) is 0 Å². The Morgan fingerprint density at radius 2 is 0.790 bits per heavy atom. The van der Waals surface area contributed by atoms with Gasteiger partial charge in [0.15, 0.2) is 17.5 Å². The zero-order valence-electron chi connectivity index (χ0n) is 33.6. The average Bonchev–Trinajstić information content (AvgIpc) is 3.87. The Labute approximate surface area is 364 Å². The fourth-order valence-electron chi connectivity index (χ4n) is 9.59. The number of nitrogens with zero attached hydrogens (tertiary/aromatic N) is 3. The van der Waals surface area contributed by atoms with Gasteiger partial charge in [-0.3, -0.25) is 0 Å². The van der Waals surface area contributed by atoms with Crippen molar-refractivity contribution in [3.8, 4) is 67.5 Å². The molecule has 290 valence electrons. The summed E-state index contributed by atoms with van der Waals surface area (Å²) in [4.78, 5) is 16.0. The van der Waals surface area contributed by atoms with Crippen molar-refractivity contribution in [3.63, 3.8) is 0 Å². The van der Waals surface area contributed by atoms with Crippen LogP contribution in [0.4, 0.5) is 0 Å². The number of aromatic nitrogens is 3. The second kappa shape index (κ2) is 14.7. The molecule has 0 N–H and O–H groups in total. The van der Waals surface area contributed by atoms with Crippen molar-refractivity contribution in [1.29, 1.82) is 0 Å². The summed E-state index contributed by atoms with van der Waals surface area (Å²) in [5.41, 5.74) is 14.0. The molecule has 0 bridgehead atoms. The molecule has 0 saturated carbocycles. The lowest BCUT2D eigenvalue weighted by molar-refractivity contribution is 0.768. The molecule has 12 rings (SSSR count). The number of hydrogen-bond donors (Lipinski definition) is 0. The van der Waals surface area contributed by atoms with Crippen LogP contribution in [-0.4, -0.2) is 15.0 Å². The van der Waals surface area contributed by atoms with Crippen LogP contribution in [0.15, 0.2) is 224 Å². The van der Waals surface area contributed by atoms with Gasteiger partial charge in [-0.1, -0.05) is 194 Å². The Kier molecular flexibility index (Phi) is 8.58. The van der Waals surface area contributed by atoms with E-state index in [0.29, 0.717) is 17.5 Å². The standard InChI is InChI=1S/C58H37N3S/c1-5-17-38(18-6-1)39-29-31-41(32-30-39)56-59-55(40-19-7-2-8-20-40)60-57(61-56)50-37-52-48(36-47(50)42-33-34-54-49(35-42)46-26-14-16-28-53(46)62-54)45-25-13-15-27-51(45)58(52,43-21-9-3-10-22-43)44-23-11-4-12-24-44/h1-37H. The Balaban J connectivity index is 1.17. The fraction of sp³-hybridized carbons (Fsp3) is 0.0172. The molecule has 0 unspecified atom stereocenters. The minimum Gasteiger partial charge on any atom is -0.208 e. The van der Waals surface area contributed by atoms with E-state index in [9.17, 15) is 0 Å². The van der Waals surface area contributed by atoms with Gasteiger partial charge in [0.1, 0.15) is 0 Å². The van der Waals surface area contributed by atoms with Crippen molar-refractivity contribution in [2.45, 2.75) is 5.41 Å². The first-order valence-corrected chi connectivity index (χ1v) is 21.8. The lowest BCUT2D eigenvalue weighted by Crippen LogP contribution is -2.28. The molecule has 0 fully saturated rings. The molecule has 0 saturated heterocycles. The van der Waals surface area contributed by atoms with Crippen LogP contribution >= 0.6 is 11.3 Å². The zero-order chi connectivity index (χ0) is 41.0. The van der Waals surface area contributed by atoms with Crippen molar-refractivity contribution in [2.75, 3.05) is 0 Å². The molecule has 0 spiro atoms. The van der Waals surface area contributed by atoms with Crippen LogP contribution in [0.1, 0.15) is 22.3 Å². The summed E-state index contributed by atoms with van der Waals surface area (Å²) in [7, 11) is 0. The summed E-state index contributed by atoms with van der Waals surface area (Å²) < 4.78 is 2.55. The quantitative estimate of drug-likeness (QED) is 0.161. The molecule has 1 aliphatic carbocycles. The molecule has 2 heterocycles. The smallest absolute Gasteiger partial charge is 0.164 e. The van der Waals surface area contributed by atoms with Gasteiger partial charge in [0.2, 0.25) is 0 Å². The third-order valence-corrected chi connectivity index (χ3v) is 13.6. The van der Waals surface area contributed by atoms with E-state index < -0.39 is 5.41 Å². The molecule has 62 heavy (non-hydrogen) atoms. The maximum atomic E-state index is 5.44. The highest BCUT2D eigenvalue weighted by molar-refractivity contribution is 7.25. The van der Waals surface area contributed by atoms with Crippen LogP contribution in [0.5, 0.6) is 0 Å². The summed E-state index contributed by atoms with van der Waals surface area (Å²) >= 11 is 1.84. The van der Waals surface area contributed by atoms with Crippen LogP contribution in [0.25, 0.3) is 87.7 Å². The lowest BCUT2D eigenvalue weighted by atomic mass is 9.67. The fourth-order valence-corrected chi connectivity index (χ4v) is 10.7. The number of fused-ring (bicyclic) bond motifs is 6. The minimum atomic E-state index is -0.597. The highest BCUT2D eigenvalue weighted by Crippen LogP contribution is 2.58. The lowest BCUT2D eigenvalue weighted by Gasteiger charge is -2.34. The van der Waals surface area contributed by atoms with E-state index in [2.05, 4.69) is 200 Å². The first kappa shape index (κ1) is 36.1. The molecule has 0 atom stereocenters. The molecule has 1 aliphatic rings. The van der Waals surface area contributed by atoms with Crippen LogP contribution in [0.2, 0.25) is 0 Å². The molecule has 4 heteroatoms. The molecular weight excluding hydrogens is 771 g/mol. The van der Waals surface area contributed by atoms with Gasteiger partial charge in [-0.2, -0.15) is 0 Å². The summed E-state index contributed by atoms with van der Waals surface area (Å²) in [5.74, 6) is 1.88. The number of rotatable bonds is 7. The number of benzene rings is 9. The summed E-state index contributed by atoms with van der Waals surface area (Å²) in [6.45, 7) is 0. The molecule has 2 aromatic heterocycles. The maximum Gasteiger partial charge on any atom is 0.164 e. The summed E-state index contributed by atoms with van der Waals surface area (Å²) in [5, 5.41) is 2.51. The molecular formula is C58H37N3S. The molecule has 0 radical (unpaired) electrons. The van der Waals surface area contributed by atoms with Crippen molar-refractivity contribution in [1.82, 2.24) is 15.0 Å². The van der Waals surface area contributed by atoms with E-state index in [1.807, 2.05) is 35.6 Å². The third-order valence-electron chi connectivity index (χ3n) is 12.4. The van der Waals surface area contributed by atoms with Gasteiger partial charge in [-0.25, -0.2) is 15.0 Å². The van der Waals surface area contributed by atoms with Crippen LogP contribution in [-0.2, 0) is 5.41 Å². The molecule has 11 aromatic rings. The molecule has 3 nitrogen and oxygen atoms in total. The predicted octanol–water partition coefficient (Wildman–Crippen LogP) is 14.9. The Hall–Kier alpha value is -7.79. The van der Waals surface area contributed by atoms with Crippen LogP contribution < -0.4 is 0 Å². The van der Waals surface area contributed by atoms with Gasteiger partial charge in [0.05, 0.1) is 5.41 Å². The highest BCUT2D eigenvalue weighted by atomic mass is 32.1. The van der Waals surface area contributed by atoms with Gasteiger partial charge >= 0.3 is 0 Å². The minimum absolute atomic E-state index is 0.597. The van der Waals surface area contributed by atoms with Gasteiger partial charge < -0.3 is 0 Å². The van der Waals surface area contributed by atoms with Crippen molar-refractivity contribution < 1.29 is 0 Å². The third kappa shape index (κ3) is 5.83. The second-order valence-electron chi connectivity index (χ2n) is 15.9. The van der Waals surface area contributed by atoms with Gasteiger partial charge in [-0.05, 0) is 86.0 Å². The second-order valence-corrected chi connectivity index (χ2v) is 17.0. The maximum absolute atomic E-state index is 5.44. The number of hydrogen-bond acceptors (Lipinski definition) is 4. The van der Waals surface area contributed by atoms with E-state index >= 15 is 0 Å². The molecule has 0 aliphatic heterocycles. The SMILES string of the molecule is c1ccc(-c2ccc(-c3nc(-c4ccccc4)nc(-c4cc5c(cc4-c4ccc6sc7ccccc7c6c4)-c4ccccc4C5(c4ccccc4)c4ccccc4)n3)cc2)cc1. The normalized spacial score (nSPS) is 12.6. The van der Waals surface area contributed by atoms with Gasteiger partial charge in [0, 0.05) is 36.9 Å². The topological polar surface area (TPSA) is 38.7 Å². The largest absolute Gasteiger partial charge is 0.208 e. The highest BCUT2D eigenvalue weighted by Gasteiger charge is 2.46. The van der Waals surface area contributed by atoms with Crippen molar-refractivity contribution in [2.24, 2.45) is 0 Å². The van der Waals surface area contributed by atoms with Crippen LogP contribution in [0.3, 0.4) is 0 Å². The van der Waals surface area contributed by atoms with Crippen molar-refractivity contribution in [3.05, 3.63) is 247 Å². The predicted molar refractivity (Wildman–Crippen MR) is 257 cm³/mol. The molecule has 9 aromatic carbocycles. The first-order chi connectivity index (χ1) is 30.7. The monoisotopic (exact) mass is 807 g/mol. The molecule has 0 amide bonds. The summed E-state index contributed by atoms with van der Waals surface area (Å²) in [6, 6.07) is 80.6. The van der Waals surface area contributed by atoms with Crippen LogP contribution in [0, 0.1) is 0 Å². The first-order valence-electron chi connectivity index (χ1n) is 21.0. The Morgan fingerprint density at radius 3 is 1.48 bits per heavy atom. The van der Waals surface area contributed by atoms with E-state index in [0.717, 1.165) is 33.4 Å². The Morgan fingerprint density at radius 1 is 0.290 bits per heavy atom. The summed E-state index contributed by atoms with van der Waals surface area (Å²) in [6.07, 6.45) is 0. The van der Waals surface area contributed by atoms with E-state index in [4.69, 9.17) is 15.0 Å². The van der Waals surface area contributed by atoms with Gasteiger partial charge in [-0.15, -0.1) is 11.3 Å². The number of thiophene rings is 1. The van der Waals surface area contributed by atoms with Gasteiger partial charge in [0.25, 0.3) is 0 Å². The van der Waals surface area contributed by atoms with E-state index in [1.165, 1.54) is 59.1 Å².